The average Bonchev–Trinajstić information content (AvgIpc) is 2.82. The van der Waals surface area contributed by atoms with E-state index >= 15 is 0 Å². The molecule has 0 N–H and O–H groups in total. The third kappa shape index (κ3) is 4.94. The smallest absolute Gasteiger partial charge is 0.127 e. The Labute approximate surface area is 190 Å². The molecule has 0 saturated heterocycles. The van der Waals surface area contributed by atoms with Crippen molar-refractivity contribution in [1.29, 1.82) is 0 Å². The van der Waals surface area contributed by atoms with Gasteiger partial charge in [0, 0.05) is 5.41 Å². The van der Waals surface area contributed by atoms with Crippen molar-refractivity contribution < 1.29 is 14.2 Å². The molecule has 0 aliphatic rings. The van der Waals surface area contributed by atoms with Crippen LogP contribution in [0, 0.1) is 6.92 Å². The molecule has 0 spiro atoms. The van der Waals surface area contributed by atoms with Crippen LogP contribution >= 0.6 is 0 Å². The van der Waals surface area contributed by atoms with Gasteiger partial charge in [0.2, 0.25) is 0 Å². The van der Waals surface area contributed by atoms with Gasteiger partial charge >= 0.3 is 0 Å². The lowest BCUT2D eigenvalue weighted by Gasteiger charge is -2.26. The van der Waals surface area contributed by atoms with Crippen LogP contribution in [0.5, 0.6) is 28.7 Å². The lowest BCUT2D eigenvalue weighted by Crippen LogP contribution is -2.18. The number of rotatable bonds is 7. The number of hydrogen-bond donors (Lipinski definition) is 0. The number of aryl methyl sites for hydroxylation is 1. The number of hydrogen-bond acceptors (Lipinski definition) is 3. The van der Waals surface area contributed by atoms with Gasteiger partial charge in [0.25, 0.3) is 0 Å². The summed E-state index contributed by atoms with van der Waals surface area (Å²) in [5, 5.41) is 0. The minimum absolute atomic E-state index is 0.125. The summed E-state index contributed by atoms with van der Waals surface area (Å²) in [4.78, 5) is 0. The Morgan fingerprint density at radius 1 is 0.469 bits per heavy atom. The Kier molecular flexibility index (Phi) is 6.18. The molecule has 4 aromatic carbocycles. The van der Waals surface area contributed by atoms with E-state index in [1.165, 1.54) is 16.7 Å². The molecular formula is C29H28O3. The minimum Gasteiger partial charge on any atom is -0.497 e. The molecule has 0 unspecified atom stereocenters. The Morgan fingerprint density at radius 3 is 1.16 bits per heavy atom. The van der Waals surface area contributed by atoms with Crippen molar-refractivity contribution in [2.24, 2.45) is 0 Å². The minimum atomic E-state index is -0.125. The van der Waals surface area contributed by atoms with Crippen molar-refractivity contribution in [1.82, 2.24) is 0 Å². The Balaban J connectivity index is 1.42. The molecule has 0 amide bonds. The van der Waals surface area contributed by atoms with Crippen LogP contribution < -0.4 is 14.2 Å². The van der Waals surface area contributed by atoms with E-state index < -0.39 is 0 Å². The highest BCUT2D eigenvalue weighted by atomic mass is 16.5. The summed E-state index contributed by atoms with van der Waals surface area (Å²) in [6.07, 6.45) is 0. The van der Waals surface area contributed by atoms with Crippen molar-refractivity contribution in [3.05, 3.63) is 114 Å². The second-order valence-corrected chi connectivity index (χ2v) is 8.37. The summed E-state index contributed by atoms with van der Waals surface area (Å²) in [7, 11) is 1.68. The normalized spacial score (nSPS) is 11.1. The van der Waals surface area contributed by atoms with E-state index in [9.17, 15) is 0 Å². The average molecular weight is 425 g/mol. The van der Waals surface area contributed by atoms with Crippen LogP contribution in [0.2, 0.25) is 0 Å². The fourth-order valence-electron chi connectivity index (χ4n) is 3.57. The summed E-state index contributed by atoms with van der Waals surface area (Å²) in [5.74, 6) is 4.02. The van der Waals surface area contributed by atoms with Gasteiger partial charge in [0.1, 0.15) is 28.7 Å². The van der Waals surface area contributed by atoms with Gasteiger partial charge in [0.15, 0.2) is 0 Å². The Bertz CT molecular complexity index is 1140. The first-order valence-corrected chi connectivity index (χ1v) is 10.7. The molecule has 3 heteroatoms. The standard InChI is InChI=1S/C29H28O3/c1-21-5-11-25(12-6-21)31-27-17-19-28(20-18-27)32-26-15-9-23(10-16-26)29(2,3)22-7-13-24(30-4)14-8-22/h5-20H,1-4H3. The summed E-state index contributed by atoms with van der Waals surface area (Å²) in [5.41, 5.74) is 3.53. The van der Waals surface area contributed by atoms with Gasteiger partial charge in [-0.1, -0.05) is 55.8 Å². The van der Waals surface area contributed by atoms with Gasteiger partial charge in [0.05, 0.1) is 7.11 Å². The molecule has 0 fully saturated rings. The largest absolute Gasteiger partial charge is 0.497 e. The van der Waals surface area contributed by atoms with Crippen LogP contribution in [0.3, 0.4) is 0 Å². The Hall–Kier alpha value is -3.72. The molecule has 32 heavy (non-hydrogen) atoms. The first-order valence-electron chi connectivity index (χ1n) is 10.7. The van der Waals surface area contributed by atoms with Gasteiger partial charge < -0.3 is 14.2 Å². The Morgan fingerprint density at radius 2 is 0.781 bits per heavy atom. The number of benzene rings is 4. The van der Waals surface area contributed by atoms with Crippen LogP contribution in [0.4, 0.5) is 0 Å². The monoisotopic (exact) mass is 424 g/mol. The molecule has 0 aliphatic carbocycles. The third-order valence-electron chi connectivity index (χ3n) is 5.70. The van der Waals surface area contributed by atoms with Crippen LogP contribution in [0.1, 0.15) is 30.5 Å². The van der Waals surface area contributed by atoms with E-state index in [4.69, 9.17) is 14.2 Å². The van der Waals surface area contributed by atoms with Crippen molar-refractivity contribution in [3.63, 3.8) is 0 Å². The summed E-state index contributed by atoms with van der Waals surface area (Å²) >= 11 is 0. The predicted octanol–water partition coefficient (Wildman–Crippen LogP) is 7.91. The lowest BCUT2D eigenvalue weighted by atomic mass is 9.78. The second kappa shape index (κ2) is 9.19. The zero-order chi connectivity index (χ0) is 22.6. The summed E-state index contributed by atoms with van der Waals surface area (Å²) < 4.78 is 17.2. The van der Waals surface area contributed by atoms with E-state index in [0.29, 0.717) is 0 Å². The molecule has 4 aromatic rings. The van der Waals surface area contributed by atoms with Gasteiger partial charge in [-0.15, -0.1) is 0 Å². The van der Waals surface area contributed by atoms with Gasteiger partial charge in [-0.2, -0.15) is 0 Å². The third-order valence-corrected chi connectivity index (χ3v) is 5.70. The van der Waals surface area contributed by atoms with Crippen LogP contribution in [-0.2, 0) is 5.41 Å². The highest BCUT2D eigenvalue weighted by Gasteiger charge is 2.23. The van der Waals surface area contributed by atoms with E-state index in [0.717, 1.165) is 28.7 Å². The summed E-state index contributed by atoms with van der Waals surface area (Å²) in [6, 6.07) is 32.2. The van der Waals surface area contributed by atoms with Crippen LogP contribution in [0.15, 0.2) is 97.1 Å². The number of ether oxygens (including phenoxy) is 3. The quantitative estimate of drug-likeness (QED) is 0.302. The summed E-state index contributed by atoms with van der Waals surface area (Å²) in [6.45, 7) is 6.50. The zero-order valence-corrected chi connectivity index (χ0v) is 19.0. The molecule has 162 valence electrons. The molecule has 0 aromatic heterocycles. The van der Waals surface area contributed by atoms with Crippen molar-refractivity contribution in [3.8, 4) is 28.7 Å². The highest BCUT2D eigenvalue weighted by molar-refractivity contribution is 5.43. The zero-order valence-electron chi connectivity index (χ0n) is 19.0. The molecule has 0 radical (unpaired) electrons. The van der Waals surface area contributed by atoms with Gasteiger partial charge in [-0.25, -0.2) is 0 Å². The fourth-order valence-corrected chi connectivity index (χ4v) is 3.57. The molecule has 0 bridgehead atoms. The fraction of sp³-hybridized carbons (Fsp3) is 0.172. The molecule has 0 aliphatic heterocycles. The highest BCUT2D eigenvalue weighted by Crippen LogP contribution is 2.34. The molecular weight excluding hydrogens is 396 g/mol. The maximum atomic E-state index is 6.03. The predicted molar refractivity (Wildman–Crippen MR) is 129 cm³/mol. The second-order valence-electron chi connectivity index (χ2n) is 8.37. The molecule has 0 atom stereocenters. The molecule has 4 rings (SSSR count). The van der Waals surface area contributed by atoms with Gasteiger partial charge in [-0.05, 0) is 78.7 Å². The topological polar surface area (TPSA) is 27.7 Å². The first-order chi connectivity index (χ1) is 15.4. The van der Waals surface area contributed by atoms with E-state index in [1.807, 2.05) is 72.8 Å². The lowest BCUT2D eigenvalue weighted by molar-refractivity contribution is 0.414. The van der Waals surface area contributed by atoms with Crippen molar-refractivity contribution >= 4 is 0 Å². The number of methoxy groups -OCH3 is 1. The maximum absolute atomic E-state index is 6.03. The van der Waals surface area contributed by atoms with Crippen LogP contribution in [0.25, 0.3) is 0 Å². The van der Waals surface area contributed by atoms with Crippen molar-refractivity contribution in [2.45, 2.75) is 26.2 Å². The van der Waals surface area contributed by atoms with Gasteiger partial charge in [-0.3, -0.25) is 0 Å². The molecule has 3 nitrogen and oxygen atoms in total. The molecule has 0 saturated carbocycles. The molecule has 0 heterocycles. The van der Waals surface area contributed by atoms with E-state index in [2.05, 4.69) is 45.0 Å². The SMILES string of the molecule is COc1ccc(C(C)(C)c2ccc(Oc3ccc(Oc4ccc(C)cc4)cc3)cc2)cc1. The van der Waals surface area contributed by atoms with Crippen molar-refractivity contribution in [2.75, 3.05) is 7.11 Å². The van der Waals surface area contributed by atoms with E-state index in [1.54, 1.807) is 7.11 Å². The first kappa shape index (κ1) is 21.5. The maximum Gasteiger partial charge on any atom is 0.127 e. The van der Waals surface area contributed by atoms with E-state index in [-0.39, 0.29) is 5.41 Å². The van der Waals surface area contributed by atoms with Crippen LogP contribution in [-0.4, -0.2) is 7.11 Å².